The number of esters is 1. The van der Waals surface area contributed by atoms with Crippen LogP contribution in [0.15, 0.2) is 12.3 Å². The van der Waals surface area contributed by atoms with Crippen molar-refractivity contribution in [2.75, 3.05) is 7.11 Å². The Morgan fingerprint density at radius 2 is 2.21 bits per heavy atom. The van der Waals surface area contributed by atoms with Gasteiger partial charge in [0.1, 0.15) is 5.69 Å². The molecular weight excluding hydrogens is 178 g/mol. The van der Waals surface area contributed by atoms with Crippen LogP contribution in [0.5, 0.6) is 0 Å². The highest BCUT2D eigenvalue weighted by atomic mass is 16.5. The number of hydrogen-bond donors (Lipinski definition) is 0. The van der Waals surface area contributed by atoms with Gasteiger partial charge in [0.15, 0.2) is 0 Å². The van der Waals surface area contributed by atoms with E-state index in [9.17, 15) is 4.79 Å². The number of methoxy groups -OCH3 is 1. The summed E-state index contributed by atoms with van der Waals surface area (Å²) in [4.78, 5) is 14.8. The van der Waals surface area contributed by atoms with Crippen LogP contribution in [-0.2, 0) is 9.53 Å². The van der Waals surface area contributed by atoms with E-state index < -0.39 is 5.97 Å². The first kappa shape index (κ1) is 10.3. The molecule has 0 amide bonds. The first-order chi connectivity index (χ1) is 6.63. The lowest BCUT2D eigenvalue weighted by atomic mass is 10.2. The topological polar surface area (TPSA) is 39.2 Å². The fourth-order valence-corrected chi connectivity index (χ4v) is 1.01. The predicted octanol–water partition coefficient (Wildman–Crippen LogP) is 1.22. The van der Waals surface area contributed by atoms with Crippen molar-refractivity contribution in [3.05, 3.63) is 29.1 Å². The third kappa shape index (κ3) is 2.60. The van der Waals surface area contributed by atoms with Crippen LogP contribution in [-0.4, -0.2) is 18.1 Å². The number of carbonyl (C=O) groups excluding carboxylic acids is 1. The van der Waals surface area contributed by atoms with Crippen molar-refractivity contribution < 1.29 is 9.53 Å². The van der Waals surface area contributed by atoms with Gasteiger partial charge in [-0.2, -0.15) is 0 Å². The zero-order chi connectivity index (χ0) is 10.6. The van der Waals surface area contributed by atoms with Crippen LogP contribution in [0.2, 0.25) is 0 Å². The molecule has 0 unspecified atom stereocenters. The first-order valence-electron chi connectivity index (χ1n) is 4.16. The molecule has 0 aliphatic rings. The van der Waals surface area contributed by atoms with Gasteiger partial charge in [-0.25, -0.2) is 9.78 Å². The normalized spacial score (nSPS) is 8.79. The van der Waals surface area contributed by atoms with E-state index >= 15 is 0 Å². The van der Waals surface area contributed by atoms with Crippen LogP contribution in [0, 0.1) is 25.7 Å². The maximum atomic E-state index is 10.7. The third-order valence-electron chi connectivity index (χ3n) is 1.68. The summed E-state index contributed by atoms with van der Waals surface area (Å²) in [6.07, 6.45) is 1.72. The number of aryl methyl sites for hydroxylation is 2. The molecule has 0 saturated heterocycles. The van der Waals surface area contributed by atoms with Crippen molar-refractivity contribution in [1.29, 1.82) is 0 Å². The van der Waals surface area contributed by atoms with E-state index in [-0.39, 0.29) is 0 Å². The summed E-state index contributed by atoms with van der Waals surface area (Å²) in [6, 6.07) is 1.97. The number of carbonyl (C=O) groups is 1. The highest BCUT2D eigenvalue weighted by molar-refractivity contribution is 5.88. The second-order valence-corrected chi connectivity index (χ2v) is 2.92. The van der Waals surface area contributed by atoms with Crippen LogP contribution >= 0.6 is 0 Å². The first-order valence-corrected chi connectivity index (χ1v) is 4.16. The van der Waals surface area contributed by atoms with Crippen molar-refractivity contribution in [3.63, 3.8) is 0 Å². The Bertz CT molecular complexity index is 413. The van der Waals surface area contributed by atoms with Crippen LogP contribution in [0.25, 0.3) is 0 Å². The minimum Gasteiger partial charge on any atom is -0.459 e. The number of ether oxygens (including phenoxy) is 1. The van der Waals surface area contributed by atoms with Gasteiger partial charge in [0, 0.05) is 12.1 Å². The highest BCUT2D eigenvalue weighted by Crippen LogP contribution is 2.04. The van der Waals surface area contributed by atoms with Gasteiger partial charge >= 0.3 is 5.97 Å². The maximum Gasteiger partial charge on any atom is 0.384 e. The van der Waals surface area contributed by atoms with Crippen molar-refractivity contribution in [3.8, 4) is 11.8 Å². The molecule has 0 bridgehead atoms. The molecule has 0 atom stereocenters. The second-order valence-electron chi connectivity index (χ2n) is 2.92. The monoisotopic (exact) mass is 189 g/mol. The van der Waals surface area contributed by atoms with E-state index in [1.807, 2.05) is 19.9 Å². The molecule has 0 aromatic carbocycles. The third-order valence-corrected chi connectivity index (χ3v) is 1.68. The zero-order valence-corrected chi connectivity index (χ0v) is 8.42. The van der Waals surface area contributed by atoms with E-state index in [1.165, 1.54) is 7.11 Å². The average Bonchev–Trinajstić information content (AvgIpc) is 2.16. The molecule has 3 nitrogen and oxygen atoms in total. The second kappa shape index (κ2) is 4.43. The predicted molar refractivity (Wildman–Crippen MR) is 52.6 cm³/mol. The zero-order valence-electron chi connectivity index (χ0n) is 8.42. The molecule has 0 saturated carbocycles. The molecule has 3 heteroatoms. The van der Waals surface area contributed by atoms with Crippen molar-refractivity contribution in [2.45, 2.75) is 13.8 Å². The molecular formula is C11H11NO2. The van der Waals surface area contributed by atoms with Gasteiger partial charge in [-0.1, -0.05) is 6.07 Å². The Balaban J connectivity index is 2.96. The van der Waals surface area contributed by atoms with Crippen LogP contribution in [0.1, 0.15) is 16.8 Å². The lowest BCUT2D eigenvalue weighted by molar-refractivity contribution is -0.133. The minimum atomic E-state index is -0.549. The van der Waals surface area contributed by atoms with Gasteiger partial charge in [0.05, 0.1) is 7.11 Å². The van der Waals surface area contributed by atoms with Gasteiger partial charge in [0.25, 0.3) is 0 Å². The highest BCUT2D eigenvalue weighted by Gasteiger charge is 1.96. The molecule has 1 aromatic rings. The number of pyridine rings is 1. The smallest absolute Gasteiger partial charge is 0.384 e. The molecule has 0 radical (unpaired) electrons. The van der Waals surface area contributed by atoms with Crippen LogP contribution in [0.3, 0.4) is 0 Å². The Morgan fingerprint density at radius 3 is 2.79 bits per heavy atom. The fourth-order valence-electron chi connectivity index (χ4n) is 1.01. The van der Waals surface area contributed by atoms with E-state index in [0.29, 0.717) is 5.69 Å². The summed E-state index contributed by atoms with van der Waals surface area (Å²) < 4.78 is 4.40. The SMILES string of the molecule is COC(=O)C#Cc1ncc(C)cc1C. The van der Waals surface area contributed by atoms with E-state index in [4.69, 9.17) is 0 Å². The molecule has 0 aliphatic carbocycles. The average molecular weight is 189 g/mol. The van der Waals surface area contributed by atoms with Gasteiger partial charge in [-0.3, -0.25) is 0 Å². The molecule has 0 N–H and O–H groups in total. The number of aromatic nitrogens is 1. The molecule has 14 heavy (non-hydrogen) atoms. The standard InChI is InChI=1S/C11H11NO2/c1-8-6-9(2)10(12-7-8)4-5-11(13)14-3/h6-7H,1-3H3. The summed E-state index contributed by atoms with van der Waals surface area (Å²) >= 11 is 0. The molecule has 1 aromatic heterocycles. The van der Waals surface area contributed by atoms with Gasteiger partial charge in [-0.05, 0) is 30.9 Å². The van der Waals surface area contributed by atoms with E-state index in [1.54, 1.807) is 6.20 Å². The lowest BCUT2D eigenvalue weighted by Gasteiger charge is -1.97. The van der Waals surface area contributed by atoms with Crippen LogP contribution in [0.4, 0.5) is 0 Å². The molecule has 72 valence electrons. The summed E-state index contributed by atoms with van der Waals surface area (Å²) in [5.74, 6) is 4.44. The summed E-state index contributed by atoms with van der Waals surface area (Å²) in [5.41, 5.74) is 2.65. The quantitative estimate of drug-likeness (QED) is 0.455. The molecule has 1 rings (SSSR count). The summed E-state index contributed by atoms with van der Waals surface area (Å²) in [5, 5.41) is 0. The summed E-state index contributed by atoms with van der Waals surface area (Å²) in [7, 11) is 1.30. The van der Waals surface area contributed by atoms with Crippen molar-refractivity contribution in [1.82, 2.24) is 4.98 Å². The van der Waals surface area contributed by atoms with E-state index in [2.05, 4.69) is 21.6 Å². The van der Waals surface area contributed by atoms with Gasteiger partial charge < -0.3 is 4.74 Å². The fraction of sp³-hybridized carbons (Fsp3) is 0.273. The van der Waals surface area contributed by atoms with Gasteiger partial charge in [-0.15, -0.1) is 0 Å². The maximum absolute atomic E-state index is 10.7. The largest absolute Gasteiger partial charge is 0.459 e. The summed E-state index contributed by atoms with van der Waals surface area (Å²) in [6.45, 7) is 3.86. The minimum absolute atomic E-state index is 0.549. The number of rotatable bonds is 0. The Morgan fingerprint density at radius 1 is 1.50 bits per heavy atom. The van der Waals surface area contributed by atoms with E-state index in [0.717, 1.165) is 11.1 Å². The molecule has 0 spiro atoms. The Labute approximate surface area is 83.1 Å². The molecule has 0 fully saturated rings. The lowest BCUT2D eigenvalue weighted by Crippen LogP contribution is -1.96. The van der Waals surface area contributed by atoms with Crippen LogP contribution < -0.4 is 0 Å². The van der Waals surface area contributed by atoms with Crippen molar-refractivity contribution >= 4 is 5.97 Å². The molecule has 0 aliphatic heterocycles. The number of hydrogen-bond acceptors (Lipinski definition) is 3. The molecule has 1 heterocycles. The van der Waals surface area contributed by atoms with Crippen molar-refractivity contribution in [2.24, 2.45) is 0 Å². The Hall–Kier alpha value is -1.82. The number of nitrogens with zero attached hydrogens (tertiary/aromatic N) is 1. The van der Waals surface area contributed by atoms with Gasteiger partial charge in [0.2, 0.25) is 0 Å². The Kier molecular flexibility index (Phi) is 3.24.